The van der Waals surface area contributed by atoms with E-state index in [0.717, 1.165) is 30.5 Å². The fourth-order valence-corrected chi connectivity index (χ4v) is 5.05. The highest BCUT2D eigenvalue weighted by Gasteiger charge is 2.36. The van der Waals surface area contributed by atoms with Gasteiger partial charge in [0.15, 0.2) is 0 Å². The summed E-state index contributed by atoms with van der Waals surface area (Å²) in [7, 11) is 0. The minimum absolute atomic E-state index is 0.0448. The Morgan fingerprint density at radius 2 is 1.18 bits per heavy atom. The van der Waals surface area contributed by atoms with Crippen molar-refractivity contribution in [1.29, 1.82) is 0 Å². The first-order valence-electron chi connectivity index (χ1n) is 14.8. The van der Waals surface area contributed by atoms with E-state index in [9.17, 15) is 24.0 Å². The van der Waals surface area contributed by atoms with Gasteiger partial charge in [0, 0.05) is 19.1 Å². The van der Waals surface area contributed by atoms with E-state index in [2.05, 4.69) is 10.6 Å². The van der Waals surface area contributed by atoms with Crippen LogP contribution in [0.4, 0.5) is 9.59 Å². The first kappa shape index (κ1) is 33.9. The van der Waals surface area contributed by atoms with E-state index in [4.69, 9.17) is 14.6 Å². The average molecular weight is 611 g/mol. The lowest BCUT2D eigenvalue weighted by Gasteiger charge is -2.25. The summed E-state index contributed by atoms with van der Waals surface area (Å²) in [6.45, 7) is 6.71. The van der Waals surface area contributed by atoms with Gasteiger partial charge in [-0.25, -0.2) is 14.4 Å². The Morgan fingerprint density at radius 3 is 1.61 bits per heavy atom. The molecule has 4 rings (SSSR count). The van der Waals surface area contributed by atoms with Crippen LogP contribution >= 0.6 is 0 Å². The van der Waals surface area contributed by atoms with Crippen molar-refractivity contribution in [3.05, 3.63) is 71.8 Å². The lowest BCUT2D eigenvalue weighted by molar-refractivity contribution is -0.148. The molecule has 0 aliphatic carbocycles. The zero-order valence-electron chi connectivity index (χ0n) is 25.4. The summed E-state index contributed by atoms with van der Waals surface area (Å²) in [6.07, 6.45) is 1.86. The lowest BCUT2D eigenvalue weighted by Crippen LogP contribution is -2.50. The Bertz CT molecular complexity index is 1260. The molecule has 12 nitrogen and oxygen atoms in total. The second-order valence-corrected chi connectivity index (χ2v) is 10.9. The molecule has 0 aromatic heterocycles. The summed E-state index contributed by atoms with van der Waals surface area (Å²) >= 11 is 0. The fraction of sp³-hybridized carbons (Fsp3) is 0.469. The van der Waals surface area contributed by atoms with Gasteiger partial charge in [0.05, 0.1) is 0 Å². The van der Waals surface area contributed by atoms with Gasteiger partial charge in [0.2, 0.25) is 11.8 Å². The monoisotopic (exact) mass is 610 g/mol. The number of ether oxygens (including phenoxy) is 2. The van der Waals surface area contributed by atoms with Crippen molar-refractivity contribution >= 4 is 30.0 Å². The molecule has 2 aliphatic rings. The maximum atomic E-state index is 12.3. The highest BCUT2D eigenvalue weighted by Crippen LogP contribution is 2.19. The molecule has 0 spiro atoms. The summed E-state index contributed by atoms with van der Waals surface area (Å²) in [5.74, 6) is -1.47. The third-order valence-electron chi connectivity index (χ3n) is 7.49. The van der Waals surface area contributed by atoms with Crippen LogP contribution in [0.1, 0.15) is 57.6 Å². The van der Waals surface area contributed by atoms with E-state index in [0.29, 0.717) is 19.4 Å². The third kappa shape index (κ3) is 10.3. The van der Waals surface area contributed by atoms with E-state index in [1.54, 1.807) is 6.92 Å². The molecule has 2 aliphatic heterocycles. The van der Waals surface area contributed by atoms with Crippen molar-refractivity contribution in [1.82, 2.24) is 20.4 Å². The number of likely N-dealkylation sites (tertiary alicyclic amines) is 2. The maximum Gasteiger partial charge on any atom is 0.408 e. The van der Waals surface area contributed by atoms with Crippen LogP contribution in [-0.2, 0) is 37.1 Å². The maximum absolute atomic E-state index is 12.3. The molecule has 2 saturated heterocycles. The van der Waals surface area contributed by atoms with Gasteiger partial charge < -0.3 is 35.0 Å². The van der Waals surface area contributed by atoms with Crippen LogP contribution in [0.15, 0.2) is 60.7 Å². The average Bonchev–Trinajstić information content (AvgIpc) is 3.69. The number of carboxylic acid groups (broad SMARTS) is 1. The number of amides is 4. The second-order valence-electron chi connectivity index (χ2n) is 10.9. The van der Waals surface area contributed by atoms with E-state index in [1.807, 2.05) is 72.5 Å². The Morgan fingerprint density at radius 1 is 0.750 bits per heavy atom. The van der Waals surface area contributed by atoms with Crippen LogP contribution < -0.4 is 10.6 Å². The van der Waals surface area contributed by atoms with Gasteiger partial charge in [0.25, 0.3) is 0 Å². The molecule has 0 unspecified atom stereocenters. The molecule has 0 bridgehead atoms. The van der Waals surface area contributed by atoms with Gasteiger partial charge in [-0.15, -0.1) is 0 Å². The standard InChI is InChI=1S/C16H20N2O5.C16H22N2O3/c1-11(14(19)18-9-5-8-13(18)15(20)21)17-16(22)23-10-12-6-3-2-4-7-12;1-12-7-6-10-18(12)15(19)13(2)17-16(20)21-11-14-8-4-3-5-9-14/h2-4,6-7,11,13H,5,8-10H2,1H3,(H,17,22)(H,20,21);3-5,8-9,12-13H,6-7,10-11H2,1-2H3,(H,17,20)/t11-,13-;12-,13+/m01/s1. The molecule has 2 fully saturated rings. The van der Waals surface area contributed by atoms with Crippen molar-refractivity contribution in [2.75, 3.05) is 13.1 Å². The van der Waals surface area contributed by atoms with Crippen LogP contribution in [0.25, 0.3) is 0 Å². The predicted octanol–water partition coefficient (Wildman–Crippen LogP) is 3.69. The first-order valence-corrected chi connectivity index (χ1v) is 14.8. The topological polar surface area (TPSA) is 155 Å². The normalized spacial score (nSPS) is 18.7. The van der Waals surface area contributed by atoms with Gasteiger partial charge in [-0.3, -0.25) is 9.59 Å². The smallest absolute Gasteiger partial charge is 0.408 e. The Balaban J connectivity index is 0.000000241. The minimum Gasteiger partial charge on any atom is -0.480 e. The number of carbonyl (C=O) groups excluding carboxylic acids is 4. The van der Waals surface area contributed by atoms with Crippen LogP contribution in [0, 0.1) is 0 Å². The molecule has 2 heterocycles. The van der Waals surface area contributed by atoms with Gasteiger partial charge in [-0.05, 0) is 57.6 Å². The molecule has 0 radical (unpaired) electrons. The summed E-state index contributed by atoms with van der Waals surface area (Å²) in [4.78, 5) is 62.2. The number of rotatable bonds is 9. The van der Waals surface area contributed by atoms with Gasteiger partial charge in [-0.1, -0.05) is 60.7 Å². The number of nitrogens with zero attached hydrogens (tertiary/aromatic N) is 2. The molecule has 238 valence electrons. The molecule has 4 atom stereocenters. The SMILES string of the molecule is C[C@H](NC(=O)OCc1ccccc1)C(=O)N1CCC[C@H]1C.C[C@H](NC(=O)OCc1ccccc1)C(=O)N1CCC[C@H]1C(=O)O. The number of alkyl carbamates (subject to hydrolysis) is 2. The molecular weight excluding hydrogens is 568 g/mol. The molecule has 2 aromatic carbocycles. The minimum atomic E-state index is -1.02. The molecule has 12 heteroatoms. The van der Waals surface area contributed by atoms with Gasteiger partial charge in [0.1, 0.15) is 31.3 Å². The Hall–Kier alpha value is -4.61. The third-order valence-corrected chi connectivity index (χ3v) is 7.49. The highest BCUT2D eigenvalue weighted by atomic mass is 16.6. The Kier molecular flexibility index (Phi) is 13.0. The van der Waals surface area contributed by atoms with Crippen molar-refractivity contribution in [2.45, 2.75) is 83.8 Å². The summed E-state index contributed by atoms with van der Waals surface area (Å²) < 4.78 is 10.2. The van der Waals surface area contributed by atoms with Gasteiger partial charge in [-0.2, -0.15) is 0 Å². The number of carboxylic acids is 1. The van der Waals surface area contributed by atoms with Crippen LogP contribution in [-0.4, -0.2) is 82.1 Å². The Labute approximate surface area is 257 Å². The quantitative estimate of drug-likeness (QED) is 0.389. The van der Waals surface area contributed by atoms with Crippen LogP contribution in [0.5, 0.6) is 0 Å². The van der Waals surface area contributed by atoms with Gasteiger partial charge >= 0.3 is 18.2 Å². The largest absolute Gasteiger partial charge is 0.480 e. The zero-order valence-corrected chi connectivity index (χ0v) is 25.4. The number of carbonyl (C=O) groups is 5. The van der Waals surface area contributed by atoms with Crippen molar-refractivity contribution in [2.24, 2.45) is 0 Å². The zero-order chi connectivity index (χ0) is 32.1. The molecule has 2 aromatic rings. The molecule has 3 N–H and O–H groups in total. The van der Waals surface area contributed by atoms with Crippen LogP contribution in [0.2, 0.25) is 0 Å². The predicted molar refractivity (Wildman–Crippen MR) is 161 cm³/mol. The summed E-state index contributed by atoms with van der Waals surface area (Å²) in [6, 6.07) is 16.7. The van der Waals surface area contributed by atoms with Crippen molar-refractivity contribution < 1.29 is 38.6 Å². The van der Waals surface area contributed by atoms with E-state index >= 15 is 0 Å². The number of benzene rings is 2. The lowest BCUT2D eigenvalue weighted by atomic mass is 10.2. The van der Waals surface area contributed by atoms with Crippen molar-refractivity contribution in [3.8, 4) is 0 Å². The molecule has 4 amide bonds. The van der Waals surface area contributed by atoms with E-state index < -0.39 is 42.2 Å². The van der Waals surface area contributed by atoms with Crippen molar-refractivity contribution in [3.63, 3.8) is 0 Å². The number of hydrogen-bond acceptors (Lipinski definition) is 7. The highest BCUT2D eigenvalue weighted by molar-refractivity contribution is 5.89. The van der Waals surface area contributed by atoms with E-state index in [-0.39, 0.29) is 25.2 Å². The van der Waals surface area contributed by atoms with E-state index in [1.165, 1.54) is 11.8 Å². The first-order chi connectivity index (χ1) is 21.1. The molecule has 0 saturated carbocycles. The summed E-state index contributed by atoms with van der Waals surface area (Å²) in [5, 5.41) is 14.1. The van der Waals surface area contributed by atoms with Crippen LogP contribution in [0.3, 0.4) is 0 Å². The number of hydrogen-bond donors (Lipinski definition) is 3. The number of aliphatic carboxylic acids is 1. The second kappa shape index (κ2) is 16.9. The molecular formula is C32H42N4O8. The summed E-state index contributed by atoms with van der Waals surface area (Å²) in [5.41, 5.74) is 1.76. The fourth-order valence-electron chi connectivity index (χ4n) is 5.05. The molecule has 44 heavy (non-hydrogen) atoms. The number of nitrogens with one attached hydrogen (secondary N) is 2.